The van der Waals surface area contributed by atoms with Gasteiger partial charge in [0.15, 0.2) is 11.5 Å². The molecule has 1 aromatic heterocycles. The lowest BCUT2D eigenvalue weighted by Gasteiger charge is -2.10. The SMILES string of the molecule is CCOc1cc(C(=O)OCc2coc(-c3ccccc3)n2)ccc1OC. The minimum atomic E-state index is -0.474. The zero-order valence-electron chi connectivity index (χ0n) is 14.6. The highest BCUT2D eigenvalue weighted by molar-refractivity contribution is 5.90. The van der Waals surface area contributed by atoms with Crippen LogP contribution in [0, 0.1) is 0 Å². The van der Waals surface area contributed by atoms with E-state index in [1.807, 2.05) is 37.3 Å². The van der Waals surface area contributed by atoms with Crippen LogP contribution in [0.4, 0.5) is 0 Å². The van der Waals surface area contributed by atoms with Gasteiger partial charge in [-0.2, -0.15) is 0 Å². The van der Waals surface area contributed by atoms with Gasteiger partial charge < -0.3 is 18.6 Å². The molecule has 0 atom stereocenters. The average molecular weight is 353 g/mol. The predicted octanol–water partition coefficient (Wildman–Crippen LogP) is 4.11. The van der Waals surface area contributed by atoms with Crippen molar-refractivity contribution in [3.05, 3.63) is 66.1 Å². The van der Waals surface area contributed by atoms with E-state index in [9.17, 15) is 4.79 Å². The van der Waals surface area contributed by atoms with Gasteiger partial charge in [0.05, 0.1) is 19.3 Å². The molecule has 0 bridgehead atoms. The molecule has 2 aromatic carbocycles. The Labute approximate surface area is 151 Å². The van der Waals surface area contributed by atoms with Crippen molar-refractivity contribution in [3.8, 4) is 23.0 Å². The molecule has 0 spiro atoms. The monoisotopic (exact) mass is 353 g/mol. The quantitative estimate of drug-likeness (QED) is 0.596. The van der Waals surface area contributed by atoms with E-state index in [1.165, 1.54) is 6.26 Å². The predicted molar refractivity (Wildman–Crippen MR) is 95.2 cm³/mol. The molecular formula is C20H19NO5. The summed E-state index contributed by atoms with van der Waals surface area (Å²) in [6, 6.07) is 14.4. The van der Waals surface area contributed by atoms with Crippen molar-refractivity contribution in [2.45, 2.75) is 13.5 Å². The van der Waals surface area contributed by atoms with Gasteiger partial charge in [0.25, 0.3) is 0 Å². The van der Waals surface area contributed by atoms with Gasteiger partial charge in [-0.05, 0) is 37.3 Å². The molecule has 0 aliphatic carbocycles. The summed E-state index contributed by atoms with van der Waals surface area (Å²) in [7, 11) is 1.55. The number of methoxy groups -OCH3 is 1. The number of oxazole rings is 1. The third-order valence-electron chi connectivity index (χ3n) is 3.62. The summed E-state index contributed by atoms with van der Waals surface area (Å²) in [5.41, 5.74) is 1.78. The highest BCUT2D eigenvalue weighted by Gasteiger charge is 2.14. The van der Waals surface area contributed by atoms with Crippen LogP contribution in [0.15, 0.2) is 59.2 Å². The molecule has 0 radical (unpaired) electrons. The fraction of sp³-hybridized carbons (Fsp3) is 0.200. The smallest absolute Gasteiger partial charge is 0.338 e. The van der Waals surface area contributed by atoms with E-state index in [0.717, 1.165) is 5.56 Å². The van der Waals surface area contributed by atoms with Crippen LogP contribution in [0.2, 0.25) is 0 Å². The van der Waals surface area contributed by atoms with Gasteiger partial charge in [-0.15, -0.1) is 0 Å². The number of carbonyl (C=O) groups is 1. The van der Waals surface area contributed by atoms with Crippen LogP contribution in [0.3, 0.4) is 0 Å². The first-order valence-electron chi connectivity index (χ1n) is 8.19. The molecule has 6 nitrogen and oxygen atoms in total. The van der Waals surface area contributed by atoms with Crippen LogP contribution >= 0.6 is 0 Å². The van der Waals surface area contributed by atoms with E-state index in [4.69, 9.17) is 18.6 Å². The third kappa shape index (κ3) is 4.03. The van der Waals surface area contributed by atoms with Gasteiger partial charge in [0, 0.05) is 5.56 Å². The molecule has 0 amide bonds. The first kappa shape index (κ1) is 17.5. The summed E-state index contributed by atoms with van der Waals surface area (Å²) in [5, 5.41) is 0. The lowest BCUT2D eigenvalue weighted by Crippen LogP contribution is -2.06. The second kappa shape index (κ2) is 8.20. The summed E-state index contributed by atoms with van der Waals surface area (Å²) in [5.74, 6) is 1.07. The molecule has 0 aliphatic heterocycles. The Morgan fingerprint density at radius 2 is 1.92 bits per heavy atom. The fourth-order valence-corrected chi connectivity index (χ4v) is 2.38. The average Bonchev–Trinajstić information content (AvgIpc) is 3.16. The van der Waals surface area contributed by atoms with Crippen LogP contribution in [0.5, 0.6) is 11.5 Å². The maximum Gasteiger partial charge on any atom is 0.338 e. The topological polar surface area (TPSA) is 70.8 Å². The molecule has 3 rings (SSSR count). The molecule has 134 valence electrons. The van der Waals surface area contributed by atoms with E-state index < -0.39 is 5.97 Å². The molecule has 0 saturated carbocycles. The molecule has 0 N–H and O–H groups in total. The number of carbonyl (C=O) groups excluding carboxylic acids is 1. The van der Waals surface area contributed by atoms with Crippen LogP contribution in [0.25, 0.3) is 11.5 Å². The third-order valence-corrected chi connectivity index (χ3v) is 3.62. The van der Waals surface area contributed by atoms with Gasteiger partial charge in [-0.3, -0.25) is 0 Å². The van der Waals surface area contributed by atoms with E-state index in [-0.39, 0.29) is 6.61 Å². The highest BCUT2D eigenvalue weighted by atomic mass is 16.5. The minimum Gasteiger partial charge on any atom is -0.493 e. The van der Waals surface area contributed by atoms with E-state index in [2.05, 4.69) is 4.98 Å². The second-order valence-electron chi connectivity index (χ2n) is 5.38. The largest absolute Gasteiger partial charge is 0.493 e. The zero-order chi connectivity index (χ0) is 18.4. The normalized spacial score (nSPS) is 10.4. The summed E-state index contributed by atoms with van der Waals surface area (Å²) in [4.78, 5) is 16.6. The number of aromatic nitrogens is 1. The number of hydrogen-bond acceptors (Lipinski definition) is 6. The minimum absolute atomic E-state index is 0.0190. The first-order valence-corrected chi connectivity index (χ1v) is 8.19. The van der Waals surface area contributed by atoms with Gasteiger partial charge >= 0.3 is 5.97 Å². The molecule has 1 heterocycles. The van der Waals surface area contributed by atoms with Gasteiger partial charge in [0.2, 0.25) is 5.89 Å². The molecule has 0 aliphatic rings. The maximum absolute atomic E-state index is 12.3. The first-order chi connectivity index (χ1) is 12.7. The van der Waals surface area contributed by atoms with Crippen molar-refractivity contribution in [3.63, 3.8) is 0 Å². The molecule has 0 unspecified atom stereocenters. The number of nitrogens with zero attached hydrogens (tertiary/aromatic N) is 1. The Morgan fingerprint density at radius 1 is 1.12 bits per heavy atom. The number of esters is 1. The molecule has 3 aromatic rings. The lowest BCUT2D eigenvalue weighted by molar-refractivity contribution is 0.0467. The maximum atomic E-state index is 12.3. The van der Waals surface area contributed by atoms with E-state index in [1.54, 1.807) is 25.3 Å². The summed E-state index contributed by atoms with van der Waals surface area (Å²) in [6.07, 6.45) is 1.48. The van der Waals surface area contributed by atoms with Crippen molar-refractivity contribution in [1.29, 1.82) is 0 Å². The molecule has 0 fully saturated rings. The van der Waals surface area contributed by atoms with Crippen LogP contribution in [-0.2, 0) is 11.3 Å². The number of ether oxygens (including phenoxy) is 3. The van der Waals surface area contributed by atoms with E-state index in [0.29, 0.717) is 35.3 Å². The van der Waals surface area contributed by atoms with Crippen LogP contribution in [-0.4, -0.2) is 24.7 Å². The van der Waals surface area contributed by atoms with Crippen LogP contribution in [0.1, 0.15) is 23.0 Å². The van der Waals surface area contributed by atoms with Crippen molar-refractivity contribution >= 4 is 5.97 Å². The van der Waals surface area contributed by atoms with Gasteiger partial charge in [-0.25, -0.2) is 9.78 Å². The van der Waals surface area contributed by atoms with E-state index >= 15 is 0 Å². The Balaban J connectivity index is 1.66. The molecule has 0 saturated heterocycles. The van der Waals surface area contributed by atoms with Crippen molar-refractivity contribution in [1.82, 2.24) is 4.98 Å². The number of rotatable bonds is 7. The van der Waals surface area contributed by atoms with Gasteiger partial charge in [0.1, 0.15) is 18.6 Å². The Kier molecular flexibility index (Phi) is 5.53. The summed E-state index contributed by atoms with van der Waals surface area (Å²) in [6.45, 7) is 2.35. The summed E-state index contributed by atoms with van der Waals surface area (Å²) >= 11 is 0. The Morgan fingerprint density at radius 3 is 2.65 bits per heavy atom. The standard InChI is InChI=1S/C20H19NO5/c1-3-24-18-11-15(9-10-17(18)23-2)20(22)26-13-16-12-25-19(21-16)14-7-5-4-6-8-14/h4-12H,3,13H2,1-2H3. The Hall–Kier alpha value is -3.28. The molecular weight excluding hydrogens is 334 g/mol. The fourth-order valence-electron chi connectivity index (χ4n) is 2.38. The van der Waals surface area contributed by atoms with Crippen LogP contribution < -0.4 is 9.47 Å². The van der Waals surface area contributed by atoms with Crippen molar-refractivity contribution < 1.29 is 23.4 Å². The highest BCUT2D eigenvalue weighted by Crippen LogP contribution is 2.28. The number of benzene rings is 2. The molecule has 26 heavy (non-hydrogen) atoms. The zero-order valence-corrected chi connectivity index (χ0v) is 14.6. The van der Waals surface area contributed by atoms with Crippen molar-refractivity contribution in [2.24, 2.45) is 0 Å². The molecule has 6 heteroatoms. The Bertz CT molecular complexity index is 873. The van der Waals surface area contributed by atoms with Gasteiger partial charge in [-0.1, -0.05) is 18.2 Å². The lowest BCUT2D eigenvalue weighted by atomic mass is 10.2. The van der Waals surface area contributed by atoms with Crippen molar-refractivity contribution in [2.75, 3.05) is 13.7 Å². The number of hydrogen-bond donors (Lipinski definition) is 0. The second-order valence-corrected chi connectivity index (χ2v) is 5.38. The summed E-state index contributed by atoms with van der Waals surface area (Å²) < 4.78 is 21.4.